The van der Waals surface area contributed by atoms with E-state index in [2.05, 4.69) is 10.1 Å². The Bertz CT molecular complexity index is 679. The smallest absolute Gasteiger partial charge is 0.243 e. The van der Waals surface area contributed by atoms with Gasteiger partial charge in [0, 0.05) is 6.26 Å². The normalized spacial score (nSPS) is 13.3. The minimum atomic E-state index is -3.21. The molecule has 1 aromatic carbocycles. The SMILES string of the molecule is CS(=O)(=O)Cc1noc([C@@H](N)Cc2ccc(O)cc2)n1. The number of hydrogen-bond donors (Lipinski definition) is 2. The molecule has 0 spiro atoms. The molecule has 0 radical (unpaired) electrons. The number of hydrogen-bond acceptors (Lipinski definition) is 7. The summed E-state index contributed by atoms with van der Waals surface area (Å²) in [6, 6.07) is 6.07. The molecule has 2 aromatic rings. The molecule has 2 rings (SSSR count). The van der Waals surface area contributed by atoms with Crippen molar-refractivity contribution >= 4 is 9.84 Å². The van der Waals surface area contributed by atoms with Crippen molar-refractivity contribution in [2.24, 2.45) is 5.73 Å². The van der Waals surface area contributed by atoms with Gasteiger partial charge in [-0.2, -0.15) is 4.98 Å². The van der Waals surface area contributed by atoms with Gasteiger partial charge in [-0.25, -0.2) is 8.42 Å². The molecule has 3 N–H and O–H groups in total. The number of rotatable bonds is 5. The van der Waals surface area contributed by atoms with Crippen LogP contribution in [0.1, 0.15) is 23.3 Å². The van der Waals surface area contributed by atoms with Gasteiger partial charge in [0.25, 0.3) is 0 Å². The number of phenolic OH excluding ortho intramolecular Hbond substituents is 1. The number of sulfone groups is 1. The number of nitrogens with two attached hydrogens (primary N) is 1. The van der Waals surface area contributed by atoms with Crippen LogP contribution in [0.25, 0.3) is 0 Å². The summed E-state index contributed by atoms with van der Waals surface area (Å²) < 4.78 is 27.2. The molecule has 0 aliphatic heterocycles. The van der Waals surface area contributed by atoms with E-state index in [0.29, 0.717) is 6.42 Å². The lowest BCUT2D eigenvalue weighted by Gasteiger charge is -2.06. The van der Waals surface area contributed by atoms with E-state index in [0.717, 1.165) is 11.8 Å². The zero-order valence-corrected chi connectivity index (χ0v) is 11.7. The lowest BCUT2D eigenvalue weighted by molar-refractivity contribution is 0.351. The summed E-state index contributed by atoms with van der Waals surface area (Å²) in [5.41, 5.74) is 6.84. The molecule has 0 aliphatic rings. The summed E-state index contributed by atoms with van der Waals surface area (Å²) in [5, 5.41) is 12.8. The van der Waals surface area contributed by atoms with E-state index in [4.69, 9.17) is 10.3 Å². The molecule has 1 heterocycles. The fraction of sp³-hybridized carbons (Fsp3) is 0.333. The Balaban J connectivity index is 2.06. The maximum atomic E-state index is 11.1. The van der Waals surface area contributed by atoms with Crippen LogP contribution < -0.4 is 5.73 Å². The summed E-state index contributed by atoms with van der Waals surface area (Å²) in [4.78, 5) is 3.98. The van der Waals surface area contributed by atoms with Crippen LogP contribution in [-0.4, -0.2) is 29.9 Å². The molecular formula is C12H15N3O4S. The number of nitrogens with zero attached hydrogens (tertiary/aromatic N) is 2. The van der Waals surface area contributed by atoms with E-state index in [1.54, 1.807) is 24.3 Å². The maximum absolute atomic E-state index is 11.1. The summed E-state index contributed by atoms with van der Waals surface area (Å²) in [7, 11) is -3.21. The molecule has 8 heteroatoms. The van der Waals surface area contributed by atoms with Gasteiger partial charge >= 0.3 is 0 Å². The van der Waals surface area contributed by atoms with Gasteiger partial charge in [0.1, 0.15) is 11.5 Å². The Labute approximate surface area is 116 Å². The van der Waals surface area contributed by atoms with Crippen molar-refractivity contribution in [3.8, 4) is 5.75 Å². The highest BCUT2D eigenvalue weighted by atomic mass is 32.2. The van der Waals surface area contributed by atoms with Crippen LogP contribution in [0.3, 0.4) is 0 Å². The largest absolute Gasteiger partial charge is 0.508 e. The minimum absolute atomic E-state index is 0.101. The molecule has 0 amide bonds. The Morgan fingerprint density at radius 2 is 2.00 bits per heavy atom. The highest BCUT2D eigenvalue weighted by Crippen LogP contribution is 2.17. The van der Waals surface area contributed by atoms with Crippen molar-refractivity contribution in [1.82, 2.24) is 10.1 Å². The second kappa shape index (κ2) is 5.59. The zero-order valence-electron chi connectivity index (χ0n) is 10.9. The first-order chi connectivity index (χ1) is 9.33. The fourth-order valence-electron chi connectivity index (χ4n) is 1.68. The van der Waals surface area contributed by atoms with E-state index in [9.17, 15) is 13.5 Å². The summed E-state index contributed by atoms with van der Waals surface area (Å²) in [6.45, 7) is 0. The predicted molar refractivity (Wildman–Crippen MR) is 71.6 cm³/mol. The molecule has 0 saturated heterocycles. The molecule has 7 nitrogen and oxygen atoms in total. The molecule has 108 valence electrons. The van der Waals surface area contributed by atoms with Crippen LogP contribution in [0.15, 0.2) is 28.8 Å². The van der Waals surface area contributed by atoms with Gasteiger partial charge in [-0.05, 0) is 24.1 Å². The first-order valence-corrected chi connectivity index (χ1v) is 7.93. The third kappa shape index (κ3) is 4.04. The van der Waals surface area contributed by atoms with Crippen molar-refractivity contribution in [3.05, 3.63) is 41.5 Å². The van der Waals surface area contributed by atoms with E-state index < -0.39 is 15.9 Å². The first kappa shape index (κ1) is 14.5. The van der Waals surface area contributed by atoms with Gasteiger partial charge in [0.2, 0.25) is 5.89 Å². The average molecular weight is 297 g/mol. The number of aromatic nitrogens is 2. The average Bonchev–Trinajstić information content (AvgIpc) is 2.78. The number of phenols is 1. The van der Waals surface area contributed by atoms with E-state index in [-0.39, 0.29) is 23.2 Å². The molecule has 0 bridgehead atoms. The molecule has 0 saturated carbocycles. The molecule has 0 unspecified atom stereocenters. The van der Waals surface area contributed by atoms with Crippen LogP contribution in [0.2, 0.25) is 0 Å². The van der Waals surface area contributed by atoms with E-state index >= 15 is 0 Å². The van der Waals surface area contributed by atoms with Crippen LogP contribution >= 0.6 is 0 Å². The van der Waals surface area contributed by atoms with E-state index in [1.165, 1.54) is 0 Å². The minimum Gasteiger partial charge on any atom is -0.508 e. The summed E-state index contributed by atoms with van der Waals surface area (Å²) >= 11 is 0. The van der Waals surface area contributed by atoms with Gasteiger partial charge in [-0.1, -0.05) is 17.3 Å². The zero-order chi connectivity index (χ0) is 14.8. The summed E-state index contributed by atoms with van der Waals surface area (Å²) in [6.07, 6.45) is 1.54. The fourth-order valence-corrected chi connectivity index (χ4v) is 2.27. The van der Waals surface area contributed by atoms with Gasteiger partial charge in [-0.15, -0.1) is 0 Å². The Morgan fingerprint density at radius 1 is 1.35 bits per heavy atom. The van der Waals surface area contributed by atoms with E-state index in [1.807, 2.05) is 0 Å². The van der Waals surface area contributed by atoms with Crippen molar-refractivity contribution in [1.29, 1.82) is 0 Å². The van der Waals surface area contributed by atoms with Crippen molar-refractivity contribution in [3.63, 3.8) is 0 Å². The molecule has 1 atom stereocenters. The standard InChI is InChI=1S/C12H15N3O4S/c1-20(17,18)7-11-14-12(19-15-11)10(13)6-8-2-4-9(16)5-3-8/h2-5,10,16H,6-7,13H2,1H3/t10-/m0/s1. The Morgan fingerprint density at radius 3 is 2.60 bits per heavy atom. The Kier molecular flexibility index (Phi) is 4.05. The Hall–Kier alpha value is -1.93. The molecule has 0 fully saturated rings. The van der Waals surface area contributed by atoms with Gasteiger partial charge in [-0.3, -0.25) is 0 Å². The van der Waals surface area contributed by atoms with Crippen molar-refractivity contribution in [2.75, 3.05) is 6.26 Å². The van der Waals surface area contributed by atoms with Crippen molar-refractivity contribution < 1.29 is 18.0 Å². The van der Waals surface area contributed by atoms with Crippen LogP contribution in [0.5, 0.6) is 5.75 Å². The third-order valence-corrected chi connectivity index (χ3v) is 3.37. The third-order valence-electron chi connectivity index (χ3n) is 2.58. The lowest BCUT2D eigenvalue weighted by atomic mass is 10.1. The topological polar surface area (TPSA) is 119 Å². The van der Waals surface area contributed by atoms with Crippen molar-refractivity contribution in [2.45, 2.75) is 18.2 Å². The quantitative estimate of drug-likeness (QED) is 0.827. The predicted octanol–water partition coefficient (Wildman–Crippen LogP) is 0.562. The van der Waals surface area contributed by atoms with Crippen LogP contribution in [-0.2, 0) is 22.0 Å². The van der Waals surface area contributed by atoms with Gasteiger partial charge in [0.15, 0.2) is 15.7 Å². The summed E-state index contributed by atoms with van der Waals surface area (Å²) in [5.74, 6) is 0.193. The monoisotopic (exact) mass is 297 g/mol. The van der Waals surface area contributed by atoms with Crippen LogP contribution in [0.4, 0.5) is 0 Å². The number of aromatic hydroxyl groups is 1. The molecule has 0 aliphatic carbocycles. The first-order valence-electron chi connectivity index (χ1n) is 5.87. The highest BCUT2D eigenvalue weighted by molar-refractivity contribution is 7.89. The molecule has 20 heavy (non-hydrogen) atoms. The second-order valence-electron chi connectivity index (χ2n) is 4.60. The highest BCUT2D eigenvalue weighted by Gasteiger charge is 2.17. The maximum Gasteiger partial charge on any atom is 0.243 e. The van der Waals surface area contributed by atoms with Crippen LogP contribution in [0, 0.1) is 0 Å². The molecule has 1 aromatic heterocycles. The molecular weight excluding hydrogens is 282 g/mol. The van der Waals surface area contributed by atoms with Gasteiger partial charge < -0.3 is 15.4 Å². The van der Waals surface area contributed by atoms with Gasteiger partial charge in [0.05, 0.1) is 6.04 Å². The lowest BCUT2D eigenvalue weighted by Crippen LogP contribution is -2.14. The number of benzene rings is 1. The second-order valence-corrected chi connectivity index (χ2v) is 6.74.